The Hall–Kier alpha value is -1.67. The summed E-state index contributed by atoms with van der Waals surface area (Å²) in [4.78, 5) is 2.47. The first-order chi connectivity index (χ1) is 12.5. The standard InChI is InChI=1S/C18H26N4O3S/c1-13-5-3-9-21(11-13)15-7-8-16(18-17(15)19-25-20-18)26(23,24)22-10-4-6-14(2)12-22/h7-8,13-14H,3-6,9-12H2,1-2H3/t13-,14+/m1/s1. The monoisotopic (exact) mass is 378 g/mol. The molecule has 0 aliphatic carbocycles. The molecule has 26 heavy (non-hydrogen) atoms. The van der Waals surface area contributed by atoms with Crippen LogP contribution in [0, 0.1) is 11.8 Å². The second kappa shape index (κ2) is 6.81. The Morgan fingerprint density at radius 2 is 1.69 bits per heavy atom. The van der Waals surface area contributed by atoms with Crippen molar-refractivity contribution in [2.24, 2.45) is 11.8 Å². The molecule has 2 saturated heterocycles. The Bertz CT molecular complexity index is 895. The number of hydrogen-bond acceptors (Lipinski definition) is 6. The van der Waals surface area contributed by atoms with E-state index in [-0.39, 0.29) is 4.90 Å². The number of benzene rings is 1. The van der Waals surface area contributed by atoms with Crippen LogP contribution in [0.25, 0.3) is 11.0 Å². The van der Waals surface area contributed by atoms with E-state index < -0.39 is 10.0 Å². The number of aromatic nitrogens is 2. The number of nitrogens with zero attached hydrogens (tertiary/aromatic N) is 4. The van der Waals surface area contributed by atoms with Gasteiger partial charge in [-0.1, -0.05) is 13.8 Å². The maximum absolute atomic E-state index is 13.2. The fourth-order valence-electron chi connectivity index (χ4n) is 4.21. The zero-order valence-electron chi connectivity index (χ0n) is 15.4. The lowest BCUT2D eigenvalue weighted by molar-refractivity contribution is 0.281. The molecular formula is C18H26N4O3S. The van der Waals surface area contributed by atoms with Crippen molar-refractivity contribution in [3.8, 4) is 0 Å². The van der Waals surface area contributed by atoms with Crippen LogP contribution in [0.2, 0.25) is 0 Å². The molecular weight excluding hydrogens is 352 g/mol. The Morgan fingerprint density at radius 3 is 2.42 bits per heavy atom. The summed E-state index contributed by atoms with van der Waals surface area (Å²) in [7, 11) is -3.60. The zero-order chi connectivity index (χ0) is 18.3. The third kappa shape index (κ3) is 3.09. The topological polar surface area (TPSA) is 79.5 Å². The second-order valence-corrected chi connectivity index (χ2v) is 9.75. The van der Waals surface area contributed by atoms with E-state index in [1.807, 2.05) is 6.07 Å². The van der Waals surface area contributed by atoms with E-state index >= 15 is 0 Å². The molecule has 0 amide bonds. The van der Waals surface area contributed by atoms with Gasteiger partial charge in [0, 0.05) is 26.2 Å². The van der Waals surface area contributed by atoms with Crippen molar-refractivity contribution in [1.29, 1.82) is 0 Å². The molecule has 0 spiro atoms. The van der Waals surface area contributed by atoms with Gasteiger partial charge in [0.1, 0.15) is 4.90 Å². The Labute approximate surface area is 154 Å². The Kier molecular flexibility index (Phi) is 4.64. The first-order valence-electron chi connectivity index (χ1n) is 9.47. The molecule has 2 aliphatic heterocycles. The second-order valence-electron chi connectivity index (χ2n) is 7.85. The predicted molar refractivity (Wildman–Crippen MR) is 99.6 cm³/mol. The molecule has 2 aliphatic rings. The highest BCUT2D eigenvalue weighted by Crippen LogP contribution is 2.34. The van der Waals surface area contributed by atoms with Gasteiger partial charge < -0.3 is 4.90 Å². The molecule has 8 heteroatoms. The minimum atomic E-state index is -3.60. The molecule has 2 aromatic rings. The van der Waals surface area contributed by atoms with Crippen molar-refractivity contribution in [2.75, 3.05) is 31.1 Å². The molecule has 7 nitrogen and oxygen atoms in total. The molecule has 4 rings (SSSR count). The lowest BCUT2D eigenvalue weighted by Gasteiger charge is -2.33. The summed E-state index contributed by atoms with van der Waals surface area (Å²) >= 11 is 0. The largest absolute Gasteiger partial charge is 0.369 e. The van der Waals surface area contributed by atoms with Crippen molar-refractivity contribution in [2.45, 2.75) is 44.4 Å². The van der Waals surface area contributed by atoms with E-state index in [1.54, 1.807) is 10.4 Å². The van der Waals surface area contributed by atoms with Gasteiger partial charge in [-0.15, -0.1) is 0 Å². The smallest absolute Gasteiger partial charge is 0.245 e. The molecule has 0 saturated carbocycles. The first kappa shape index (κ1) is 17.7. The number of hydrogen-bond donors (Lipinski definition) is 0. The highest BCUT2D eigenvalue weighted by atomic mass is 32.2. The average Bonchev–Trinajstić information content (AvgIpc) is 3.10. The first-order valence-corrected chi connectivity index (χ1v) is 10.9. The van der Waals surface area contributed by atoms with Crippen LogP contribution in [0.1, 0.15) is 39.5 Å². The molecule has 1 aromatic heterocycles. The van der Waals surface area contributed by atoms with E-state index in [4.69, 9.17) is 4.63 Å². The van der Waals surface area contributed by atoms with Gasteiger partial charge in [0.2, 0.25) is 10.0 Å². The highest BCUT2D eigenvalue weighted by Gasteiger charge is 2.32. The predicted octanol–water partition coefficient (Wildman–Crippen LogP) is 2.88. The quantitative estimate of drug-likeness (QED) is 0.817. The van der Waals surface area contributed by atoms with E-state index in [0.717, 1.165) is 38.0 Å². The van der Waals surface area contributed by atoms with Gasteiger partial charge in [-0.3, -0.25) is 0 Å². The van der Waals surface area contributed by atoms with Crippen molar-refractivity contribution in [3.05, 3.63) is 12.1 Å². The lowest BCUT2D eigenvalue weighted by atomic mass is 9.99. The fourth-order valence-corrected chi connectivity index (χ4v) is 5.92. The third-order valence-corrected chi connectivity index (χ3v) is 7.49. The molecule has 0 radical (unpaired) electrons. The highest BCUT2D eigenvalue weighted by molar-refractivity contribution is 7.89. The van der Waals surface area contributed by atoms with Gasteiger partial charge in [0.05, 0.1) is 5.69 Å². The van der Waals surface area contributed by atoms with E-state index in [1.165, 1.54) is 6.42 Å². The molecule has 2 atom stereocenters. The maximum Gasteiger partial charge on any atom is 0.245 e. The molecule has 3 heterocycles. The van der Waals surface area contributed by atoms with Crippen molar-refractivity contribution >= 4 is 26.7 Å². The van der Waals surface area contributed by atoms with Crippen molar-refractivity contribution in [3.63, 3.8) is 0 Å². The number of rotatable bonds is 3. The number of anilines is 1. The van der Waals surface area contributed by atoms with E-state index in [0.29, 0.717) is 36.0 Å². The molecule has 1 aromatic carbocycles. The molecule has 2 fully saturated rings. The van der Waals surface area contributed by atoms with Gasteiger partial charge in [-0.25, -0.2) is 13.0 Å². The molecule has 142 valence electrons. The van der Waals surface area contributed by atoms with Crippen LogP contribution in [0.4, 0.5) is 5.69 Å². The van der Waals surface area contributed by atoms with Gasteiger partial charge >= 0.3 is 0 Å². The average molecular weight is 378 g/mol. The summed E-state index contributed by atoms with van der Waals surface area (Å²) in [5, 5.41) is 8.00. The van der Waals surface area contributed by atoms with Crippen molar-refractivity contribution < 1.29 is 13.0 Å². The van der Waals surface area contributed by atoms with Gasteiger partial charge in [-0.2, -0.15) is 4.31 Å². The summed E-state index contributed by atoms with van der Waals surface area (Å²) in [6, 6.07) is 3.54. The van der Waals surface area contributed by atoms with Crippen LogP contribution in [0.3, 0.4) is 0 Å². The van der Waals surface area contributed by atoms with Gasteiger partial charge in [0.25, 0.3) is 0 Å². The minimum absolute atomic E-state index is 0.205. The number of sulfonamides is 1. The van der Waals surface area contributed by atoms with E-state index in [9.17, 15) is 8.42 Å². The van der Waals surface area contributed by atoms with Gasteiger partial charge in [-0.05, 0) is 60.0 Å². The van der Waals surface area contributed by atoms with E-state index in [2.05, 4.69) is 29.1 Å². The van der Waals surface area contributed by atoms with Crippen LogP contribution in [-0.4, -0.2) is 49.2 Å². The minimum Gasteiger partial charge on any atom is -0.369 e. The Morgan fingerprint density at radius 1 is 1.00 bits per heavy atom. The van der Waals surface area contributed by atoms with Crippen LogP contribution < -0.4 is 4.90 Å². The van der Waals surface area contributed by atoms with Gasteiger partial charge in [0.15, 0.2) is 11.0 Å². The normalized spacial score (nSPS) is 25.7. The van der Waals surface area contributed by atoms with Crippen LogP contribution in [0.15, 0.2) is 21.7 Å². The summed E-state index contributed by atoms with van der Waals surface area (Å²) in [5.74, 6) is 0.982. The number of fused-ring (bicyclic) bond motifs is 1. The molecule has 0 N–H and O–H groups in total. The zero-order valence-corrected chi connectivity index (χ0v) is 16.2. The fraction of sp³-hybridized carbons (Fsp3) is 0.667. The lowest BCUT2D eigenvalue weighted by Crippen LogP contribution is -2.39. The Balaban J connectivity index is 1.73. The van der Waals surface area contributed by atoms with Crippen LogP contribution in [0.5, 0.6) is 0 Å². The summed E-state index contributed by atoms with van der Waals surface area (Å²) < 4.78 is 32.9. The molecule has 0 bridgehead atoms. The molecule has 0 unspecified atom stereocenters. The summed E-state index contributed by atoms with van der Waals surface area (Å²) in [5.41, 5.74) is 1.81. The van der Waals surface area contributed by atoms with Crippen molar-refractivity contribution in [1.82, 2.24) is 14.6 Å². The van der Waals surface area contributed by atoms with Crippen LogP contribution >= 0.6 is 0 Å². The van der Waals surface area contributed by atoms with Crippen LogP contribution in [-0.2, 0) is 10.0 Å². The SMILES string of the molecule is C[C@@H]1CCCN(c2ccc(S(=O)(=O)N3CCC[C@H](C)C3)c3nonc23)C1. The maximum atomic E-state index is 13.2. The third-order valence-electron chi connectivity index (χ3n) is 5.59. The summed E-state index contributed by atoms with van der Waals surface area (Å²) in [6.07, 6.45) is 4.30. The summed E-state index contributed by atoms with van der Waals surface area (Å²) in [6.45, 7) is 7.33. The number of piperidine rings is 2.